The maximum atomic E-state index is 12.7. The monoisotopic (exact) mass is 434 g/mol. The van der Waals surface area contributed by atoms with Crippen molar-refractivity contribution in [1.29, 1.82) is 0 Å². The molecule has 0 atom stereocenters. The van der Waals surface area contributed by atoms with Crippen molar-refractivity contribution in [3.05, 3.63) is 46.4 Å². The molecule has 0 heterocycles. The Balaban J connectivity index is 2.26. The number of amides is 2. The van der Waals surface area contributed by atoms with Gasteiger partial charge in [0.1, 0.15) is 0 Å². The Bertz CT molecular complexity index is 824. The number of benzene rings is 2. The summed E-state index contributed by atoms with van der Waals surface area (Å²) in [5, 5.41) is 5.53. The number of hydrogen-bond acceptors (Lipinski definition) is 4. The van der Waals surface area contributed by atoms with Gasteiger partial charge in [-0.05, 0) is 49.7 Å². The van der Waals surface area contributed by atoms with Gasteiger partial charge in [0, 0.05) is 17.0 Å². The standard InChI is InChI=1S/C20H23BrN2O4/c1-4-10-27-18-9-6-14(11-19(18)26-5-2)20(25)23-17-12-15(21)7-8-16(17)22-13(3)24/h6-9,11-12H,4-5,10H2,1-3H3,(H,22,24)(H,23,25). The largest absolute Gasteiger partial charge is 0.490 e. The Labute approximate surface area is 167 Å². The molecule has 0 bridgehead atoms. The van der Waals surface area contributed by atoms with Gasteiger partial charge in [-0.2, -0.15) is 0 Å². The molecular formula is C20H23BrN2O4. The van der Waals surface area contributed by atoms with E-state index in [1.807, 2.05) is 13.8 Å². The molecule has 2 amide bonds. The molecule has 7 heteroatoms. The number of carbonyl (C=O) groups is 2. The molecule has 0 spiro atoms. The first-order chi connectivity index (χ1) is 12.9. The van der Waals surface area contributed by atoms with Gasteiger partial charge >= 0.3 is 0 Å². The molecule has 0 saturated heterocycles. The van der Waals surface area contributed by atoms with Crippen LogP contribution >= 0.6 is 15.9 Å². The van der Waals surface area contributed by atoms with Crippen molar-refractivity contribution in [2.45, 2.75) is 27.2 Å². The van der Waals surface area contributed by atoms with E-state index in [-0.39, 0.29) is 11.8 Å². The third kappa shape index (κ3) is 5.99. The zero-order chi connectivity index (χ0) is 19.8. The first-order valence-electron chi connectivity index (χ1n) is 8.72. The van der Waals surface area contributed by atoms with Gasteiger partial charge in [-0.25, -0.2) is 0 Å². The minimum Gasteiger partial charge on any atom is -0.490 e. The second kappa shape index (κ2) is 9.97. The molecule has 6 nitrogen and oxygen atoms in total. The molecule has 0 radical (unpaired) electrons. The predicted molar refractivity (Wildman–Crippen MR) is 110 cm³/mol. The lowest BCUT2D eigenvalue weighted by molar-refractivity contribution is -0.114. The summed E-state index contributed by atoms with van der Waals surface area (Å²) in [7, 11) is 0. The van der Waals surface area contributed by atoms with E-state index in [1.54, 1.807) is 36.4 Å². The van der Waals surface area contributed by atoms with Crippen molar-refractivity contribution in [1.82, 2.24) is 0 Å². The molecule has 0 aliphatic carbocycles. The number of carbonyl (C=O) groups excluding carboxylic acids is 2. The van der Waals surface area contributed by atoms with Gasteiger partial charge in [0.05, 0.1) is 24.6 Å². The molecule has 27 heavy (non-hydrogen) atoms. The van der Waals surface area contributed by atoms with Crippen LogP contribution in [-0.2, 0) is 4.79 Å². The topological polar surface area (TPSA) is 76.7 Å². The van der Waals surface area contributed by atoms with Crippen LogP contribution in [0.5, 0.6) is 11.5 Å². The Kier molecular flexibility index (Phi) is 7.67. The first-order valence-corrected chi connectivity index (χ1v) is 9.52. The summed E-state index contributed by atoms with van der Waals surface area (Å²) in [4.78, 5) is 24.1. The lowest BCUT2D eigenvalue weighted by Gasteiger charge is -2.14. The van der Waals surface area contributed by atoms with E-state index in [9.17, 15) is 9.59 Å². The number of halogens is 1. The van der Waals surface area contributed by atoms with Crippen LogP contribution in [0.3, 0.4) is 0 Å². The van der Waals surface area contributed by atoms with Crippen LogP contribution in [0.1, 0.15) is 37.6 Å². The quantitative estimate of drug-likeness (QED) is 0.622. The lowest BCUT2D eigenvalue weighted by atomic mass is 10.1. The minimum atomic E-state index is -0.317. The highest BCUT2D eigenvalue weighted by atomic mass is 79.9. The van der Waals surface area contributed by atoms with E-state index in [1.165, 1.54) is 6.92 Å². The first kappa shape index (κ1) is 20.8. The average Bonchev–Trinajstić information content (AvgIpc) is 2.62. The van der Waals surface area contributed by atoms with Gasteiger partial charge in [0.25, 0.3) is 5.91 Å². The Morgan fingerprint density at radius 3 is 2.41 bits per heavy atom. The summed E-state index contributed by atoms with van der Waals surface area (Å²) in [6.07, 6.45) is 0.878. The molecule has 2 aromatic rings. The van der Waals surface area contributed by atoms with Crippen molar-refractivity contribution in [3.63, 3.8) is 0 Å². The average molecular weight is 435 g/mol. The summed E-state index contributed by atoms with van der Waals surface area (Å²) in [5.41, 5.74) is 1.44. The van der Waals surface area contributed by atoms with Crippen LogP contribution in [0.2, 0.25) is 0 Å². The molecule has 2 aromatic carbocycles. The normalized spacial score (nSPS) is 10.2. The zero-order valence-electron chi connectivity index (χ0n) is 15.6. The van der Waals surface area contributed by atoms with Crippen LogP contribution in [0.25, 0.3) is 0 Å². The van der Waals surface area contributed by atoms with Gasteiger partial charge in [-0.3, -0.25) is 9.59 Å². The van der Waals surface area contributed by atoms with E-state index in [0.717, 1.165) is 10.9 Å². The van der Waals surface area contributed by atoms with Crippen molar-refractivity contribution >= 4 is 39.1 Å². The maximum Gasteiger partial charge on any atom is 0.255 e. The van der Waals surface area contributed by atoms with Crippen LogP contribution < -0.4 is 20.1 Å². The van der Waals surface area contributed by atoms with Crippen molar-refractivity contribution in [2.24, 2.45) is 0 Å². The summed E-state index contributed by atoms with van der Waals surface area (Å²) in [5.74, 6) is 0.596. The van der Waals surface area contributed by atoms with Gasteiger partial charge in [-0.15, -0.1) is 0 Å². The highest BCUT2D eigenvalue weighted by molar-refractivity contribution is 9.10. The van der Waals surface area contributed by atoms with E-state index in [0.29, 0.717) is 41.7 Å². The van der Waals surface area contributed by atoms with Crippen LogP contribution in [0, 0.1) is 0 Å². The van der Waals surface area contributed by atoms with E-state index < -0.39 is 0 Å². The van der Waals surface area contributed by atoms with Gasteiger partial charge in [0.2, 0.25) is 5.91 Å². The van der Waals surface area contributed by atoms with Crippen LogP contribution in [0.4, 0.5) is 11.4 Å². The third-order valence-corrected chi connectivity index (χ3v) is 4.00. The summed E-state index contributed by atoms with van der Waals surface area (Å²) in [6.45, 7) is 6.34. The Morgan fingerprint density at radius 1 is 0.963 bits per heavy atom. The van der Waals surface area contributed by atoms with Gasteiger partial charge in [-0.1, -0.05) is 22.9 Å². The summed E-state index contributed by atoms with van der Waals surface area (Å²) >= 11 is 3.37. The number of anilines is 2. The fraction of sp³-hybridized carbons (Fsp3) is 0.300. The smallest absolute Gasteiger partial charge is 0.255 e. The molecule has 0 unspecified atom stereocenters. The maximum absolute atomic E-state index is 12.7. The van der Waals surface area contributed by atoms with Gasteiger partial charge < -0.3 is 20.1 Å². The highest BCUT2D eigenvalue weighted by Gasteiger charge is 2.14. The molecule has 2 N–H and O–H groups in total. The number of hydrogen-bond donors (Lipinski definition) is 2. The second-order valence-electron chi connectivity index (χ2n) is 5.77. The molecular weight excluding hydrogens is 412 g/mol. The zero-order valence-corrected chi connectivity index (χ0v) is 17.2. The Morgan fingerprint density at radius 2 is 1.74 bits per heavy atom. The molecule has 0 saturated carbocycles. The minimum absolute atomic E-state index is 0.219. The predicted octanol–water partition coefficient (Wildman–Crippen LogP) is 4.85. The number of ether oxygens (including phenoxy) is 2. The van der Waals surface area contributed by atoms with Gasteiger partial charge in [0.15, 0.2) is 11.5 Å². The van der Waals surface area contributed by atoms with E-state index in [2.05, 4.69) is 26.6 Å². The van der Waals surface area contributed by atoms with Crippen LogP contribution in [0.15, 0.2) is 40.9 Å². The van der Waals surface area contributed by atoms with E-state index in [4.69, 9.17) is 9.47 Å². The van der Waals surface area contributed by atoms with Crippen molar-refractivity contribution in [3.8, 4) is 11.5 Å². The SMILES string of the molecule is CCCOc1ccc(C(=O)Nc2cc(Br)ccc2NC(C)=O)cc1OCC. The number of rotatable bonds is 8. The summed E-state index contributed by atoms with van der Waals surface area (Å²) in [6, 6.07) is 10.3. The molecule has 0 fully saturated rings. The van der Waals surface area contributed by atoms with Crippen molar-refractivity contribution < 1.29 is 19.1 Å². The van der Waals surface area contributed by atoms with Crippen molar-refractivity contribution in [2.75, 3.05) is 23.8 Å². The Hall–Kier alpha value is -2.54. The molecule has 0 aliphatic heterocycles. The lowest BCUT2D eigenvalue weighted by Crippen LogP contribution is -2.15. The number of nitrogens with one attached hydrogen (secondary N) is 2. The highest BCUT2D eigenvalue weighted by Crippen LogP contribution is 2.30. The third-order valence-electron chi connectivity index (χ3n) is 3.51. The fourth-order valence-corrected chi connectivity index (χ4v) is 2.72. The molecule has 144 valence electrons. The molecule has 2 rings (SSSR count). The van der Waals surface area contributed by atoms with E-state index >= 15 is 0 Å². The summed E-state index contributed by atoms with van der Waals surface area (Å²) < 4.78 is 12.0. The second-order valence-corrected chi connectivity index (χ2v) is 6.68. The van der Waals surface area contributed by atoms with Crippen LogP contribution in [-0.4, -0.2) is 25.0 Å². The molecule has 0 aromatic heterocycles. The molecule has 0 aliphatic rings. The fourth-order valence-electron chi connectivity index (χ4n) is 2.36.